The largest absolute Gasteiger partial charge is 0.480 e. The summed E-state index contributed by atoms with van der Waals surface area (Å²) >= 11 is 17.9. The minimum atomic E-state index is -1.21. The van der Waals surface area contributed by atoms with Crippen molar-refractivity contribution in [3.63, 3.8) is 0 Å². The molecule has 8 nitrogen and oxygen atoms in total. The zero-order chi connectivity index (χ0) is 23.3. The van der Waals surface area contributed by atoms with Crippen LogP contribution in [0.4, 0.5) is 5.69 Å². The van der Waals surface area contributed by atoms with Crippen LogP contribution in [0.15, 0.2) is 55.0 Å². The number of halogens is 3. The van der Waals surface area contributed by atoms with Gasteiger partial charge in [0.15, 0.2) is 0 Å². The van der Waals surface area contributed by atoms with Gasteiger partial charge in [0.25, 0.3) is 11.8 Å². The summed E-state index contributed by atoms with van der Waals surface area (Å²) in [5, 5.41) is 14.8. The Bertz CT molecular complexity index is 1150. The van der Waals surface area contributed by atoms with Crippen molar-refractivity contribution in [3.8, 4) is 0 Å². The molecule has 0 bridgehead atoms. The van der Waals surface area contributed by atoms with Gasteiger partial charge in [-0.25, -0.2) is 9.78 Å². The minimum Gasteiger partial charge on any atom is -0.480 e. The maximum Gasteiger partial charge on any atom is 0.326 e. The highest BCUT2D eigenvalue weighted by atomic mass is 35.5. The molecule has 1 aromatic carbocycles. The number of hydrogen-bond acceptors (Lipinski definition) is 5. The molecule has 0 spiro atoms. The molecule has 0 saturated carbocycles. The first-order chi connectivity index (χ1) is 15.3. The molecule has 2 aromatic heterocycles. The number of rotatable bonds is 7. The Morgan fingerprint density at radius 3 is 2.22 bits per heavy atom. The average molecular weight is 494 g/mol. The molecule has 0 radical (unpaired) electrons. The van der Waals surface area contributed by atoms with Crippen molar-refractivity contribution in [3.05, 3.63) is 86.9 Å². The van der Waals surface area contributed by atoms with E-state index in [0.29, 0.717) is 11.3 Å². The molecule has 2 amide bonds. The third-order valence-electron chi connectivity index (χ3n) is 4.34. The van der Waals surface area contributed by atoms with Crippen LogP contribution in [0.5, 0.6) is 0 Å². The van der Waals surface area contributed by atoms with E-state index in [-0.39, 0.29) is 32.7 Å². The van der Waals surface area contributed by atoms with Gasteiger partial charge in [-0.05, 0) is 29.8 Å². The third kappa shape index (κ3) is 5.73. The molecular formula is C21H15Cl3N4O4. The number of carbonyl (C=O) groups is 3. The number of nitrogens with zero attached hydrogens (tertiary/aromatic N) is 2. The van der Waals surface area contributed by atoms with Crippen LogP contribution >= 0.6 is 34.8 Å². The Balaban J connectivity index is 1.68. The molecule has 1 unspecified atom stereocenters. The molecule has 3 aromatic rings. The highest BCUT2D eigenvalue weighted by Crippen LogP contribution is 2.24. The Labute approximate surface area is 197 Å². The molecule has 32 heavy (non-hydrogen) atoms. The second-order valence-electron chi connectivity index (χ2n) is 6.54. The van der Waals surface area contributed by atoms with Gasteiger partial charge in [-0.15, -0.1) is 0 Å². The summed E-state index contributed by atoms with van der Waals surface area (Å²) in [7, 11) is 0. The summed E-state index contributed by atoms with van der Waals surface area (Å²) in [6.07, 6.45) is 4.05. The van der Waals surface area contributed by atoms with Gasteiger partial charge in [-0.3, -0.25) is 14.6 Å². The van der Waals surface area contributed by atoms with Crippen molar-refractivity contribution in [2.24, 2.45) is 0 Å². The zero-order valence-electron chi connectivity index (χ0n) is 16.2. The smallest absolute Gasteiger partial charge is 0.326 e. The lowest BCUT2D eigenvalue weighted by atomic mass is 10.0. The number of amides is 2. The van der Waals surface area contributed by atoms with Gasteiger partial charge in [0, 0.05) is 30.7 Å². The van der Waals surface area contributed by atoms with Crippen LogP contribution in [-0.4, -0.2) is 38.9 Å². The molecule has 11 heteroatoms. The molecule has 0 saturated heterocycles. The van der Waals surface area contributed by atoms with Crippen molar-refractivity contribution >= 4 is 58.3 Å². The monoisotopic (exact) mass is 492 g/mol. The fraction of sp³-hybridized carbons (Fsp3) is 0.0952. The van der Waals surface area contributed by atoms with E-state index in [1.165, 1.54) is 30.7 Å². The maximum atomic E-state index is 12.4. The summed E-state index contributed by atoms with van der Waals surface area (Å²) in [5.74, 6) is -2.37. The standard InChI is InChI=1S/C21H15Cl3N4O4/c22-14-9-25-10-15(23)17(14)20(30)27-12-5-3-11(4-6-12)8-16(21(31)32)28-19(29)13-2-1-7-26-18(13)24/h1-7,9-10,16H,8H2,(H,27,30)(H,28,29)(H,31,32). The molecule has 0 aliphatic carbocycles. The predicted molar refractivity (Wildman–Crippen MR) is 120 cm³/mol. The first-order valence-electron chi connectivity index (χ1n) is 9.09. The van der Waals surface area contributed by atoms with E-state index in [4.69, 9.17) is 34.8 Å². The Kier molecular flexibility index (Phi) is 7.63. The van der Waals surface area contributed by atoms with E-state index >= 15 is 0 Å². The SMILES string of the molecule is O=C(NC(Cc1ccc(NC(=O)c2c(Cl)cncc2Cl)cc1)C(=O)O)c1cccnc1Cl. The number of nitrogens with one attached hydrogen (secondary N) is 2. The van der Waals surface area contributed by atoms with Gasteiger partial charge >= 0.3 is 5.97 Å². The molecule has 3 N–H and O–H groups in total. The number of anilines is 1. The van der Waals surface area contributed by atoms with Crippen molar-refractivity contribution in [1.82, 2.24) is 15.3 Å². The predicted octanol–water partition coefficient (Wildman–Crippen LogP) is 4.11. The minimum absolute atomic E-state index is 0.00912. The molecular weight excluding hydrogens is 479 g/mol. The number of hydrogen-bond donors (Lipinski definition) is 3. The van der Waals surface area contributed by atoms with Gasteiger partial charge in [-0.2, -0.15) is 0 Å². The highest BCUT2D eigenvalue weighted by molar-refractivity contribution is 6.40. The van der Waals surface area contributed by atoms with Gasteiger partial charge in [-0.1, -0.05) is 46.9 Å². The van der Waals surface area contributed by atoms with E-state index in [9.17, 15) is 19.5 Å². The quantitative estimate of drug-likeness (QED) is 0.426. The second-order valence-corrected chi connectivity index (χ2v) is 7.71. The van der Waals surface area contributed by atoms with E-state index in [1.807, 2.05) is 0 Å². The van der Waals surface area contributed by atoms with Crippen molar-refractivity contribution in [1.29, 1.82) is 0 Å². The average Bonchev–Trinajstić information content (AvgIpc) is 2.74. The number of carbonyl (C=O) groups excluding carboxylic acids is 2. The van der Waals surface area contributed by atoms with E-state index in [0.717, 1.165) is 0 Å². The summed E-state index contributed by atoms with van der Waals surface area (Å²) < 4.78 is 0. The van der Waals surface area contributed by atoms with Gasteiger partial charge in [0.2, 0.25) is 0 Å². The van der Waals surface area contributed by atoms with Gasteiger partial charge in [0.1, 0.15) is 11.2 Å². The Morgan fingerprint density at radius 1 is 0.969 bits per heavy atom. The van der Waals surface area contributed by atoms with Crippen LogP contribution in [0.1, 0.15) is 26.3 Å². The summed E-state index contributed by atoms with van der Waals surface area (Å²) in [6.45, 7) is 0. The van der Waals surface area contributed by atoms with Crippen molar-refractivity contribution in [2.75, 3.05) is 5.32 Å². The van der Waals surface area contributed by atoms with Crippen LogP contribution < -0.4 is 10.6 Å². The van der Waals surface area contributed by atoms with E-state index < -0.39 is 23.8 Å². The van der Waals surface area contributed by atoms with Crippen LogP contribution in [0.3, 0.4) is 0 Å². The van der Waals surface area contributed by atoms with Crippen LogP contribution in [0.25, 0.3) is 0 Å². The van der Waals surface area contributed by atoms with Crippen LogP contribution in [0.2, 0.25) is 15.2 Å². The van der Waals surface area contributed by atoms with Gasteiger partial charge in [0.05, 0.1) is 21.2 Å². The first-order valence-corrected chi connectivity index (χ1v) is 10.2. The highest BCUT2D eigenvalue weighted by Gasteiger charge is 2.23. The Morgan fingerprint density at radius 2 is 1.62 bits per heavy atom. The molecule has 0 aliphatic heterocycles. The second kappa shape index (κ2) is 10.4. The molecule has 2 heterocycles. The number of pyridine rings is 2. The first kappa shape index (κ1) is 23.5. The normalized spacial score (nSPS) is 11.5. The summed E-state index contributed by atoms with van der Waals surface area (Å²) in [4.78, 5) is 44.0. The lowest BCUT2D eigenvalue weighted by Crippen LogP contribution is -2.42. The third-order valence-corrected chi connectivity index (χ3v) is 5.21. The molecule has 0 aliphatic rings. The van der Waals surface area contributed by atoms with Crippen molar-refractivity contribution < 1.29 is 19.5 Å². The van der Waals surface area contributed by atoms with Gasteiger partial charge < -0.3 is 15.7 Å². The maximum absolute atomic E-state index is 12.4. The van der Waals surface area contributed by atoms with Crippen molar-refractivity contribution in [2.45, 2.75) is 12.5 Å². The summed E-state index contributed by atoms with van der Waals surface area (Å²) in [5.41, 5.74) is 1.23. The fourth-order valence-corrected chi connectivity index (χ4v) is 3.51. The zero-order valence-corrected chi connectivity index (χ0v) is 18.4. The topological polar surface area (TPSA) is 121 Å². The summed E-state index contributed by atoms with van der Waals surface area (Å²) in [6, 6.07) is 8.21. The number of carboxylic acid groups (broad SMARTS) is 1. The number of aliphatic carboxylic acids is 1. The van der Waals surface area contributed by atoms with E-state index in [1.54, 1.807) is 24.3 Å². The molecule has 1 atom stereocenters. The molecule has 3 rings (SSSR count). The number of carboxylic acids is 1. The lowest BCUT2D eigenvalue weighted by molar-refractivity contribution is -0.139. The van der Waals surface area contributed by atoms with Crippen LogP contribution in [0, 0.1) is 0 Å². The Hall–Kier alpha value is -3.20. The molecule has 164 valence electrons. The molecule has 0 fully saturated rings. The number of aromatic nitrogens is 2. The van der Waals surface area contributed by atoms with Crippen LogP contribution in [-0.2, 0) is 11.2 Å². The lowest BCUT2D eigenvalue weighted by Gasteiger charge is -2.15. The number of benzene rings is 1. The fourth-order valence-electron chi connectivity index (χ4n) is 2.77. The van der Waals surface area contributed by atoms with E-state index in [2.05, 4.69) is 20.6 Å².